The van der Waals surface area contributed by atoms with Crippen molar-refractivity contribution in [3.63, 3.8) is 0 Å². The average molecular weight is 342 g/mol. The maximum atomic E-state index is 14.1. The van der Waals surface area contributed by atoms with Crippen molar-refractivity contribution >= 4 is 17.8 Å². The van der Waals surface area contributed by atoms with Crippen LogP contribution in [0.4, 0.5) is 4.39 Å². The van der Waals surface area contributed by atoms with Gasteiger partial charge in [-0.1, -0.05) is 20.8 Å². The second-order valence-electron chi connectivity index (χ2n) is 6.63. The van der Waals surface area contributed by atoms with Crippen LogP contribution in [-0.2, 0) is 8.92 Å². The van der Waals surface area contributed by atoms with E-state index >= 15 is 0 Å². The first-order valence-electron chi connectivity index (χ1n) is 7.64. The van der Waals surface area contributed by atoms with Gasteiger partial charge in [0.2, 0.25) is 0 Å². The molecule has 0 aliphatic carbocycles. The predicted octanol–water partition coefficient (Wildman–Crippen LogP) is 4.27. The van der Waals surface area contributed by atoms with E-state index in [4.69, 9.17) is 13.7 Å². The molecule has 0 N–H and O–H groups in total. The smallest absolute Gasteiger partial charge is 0.170 e. The first kappa shape index (κ1) is 18.2. The molecule has 1 atom stereocenters. The third-order valence-electron chi connectivity index (χ3n) is 3.67. The molecule has 2 rings (SSSR count). The summed E-state index contributed by atoms with van der Waals surface area (Å²) in [6, 6.07) is 2.80. The number of ether oxygens (including phenoxy) is 2. The Labute approximate surface area is 140 Å². The number of methoxy groups -OCH3 is 1. The first-order chi connectivity index (χ1) is 10.8. The Morgan fingerprint density at radius 3 is 2.74 bits per heavy atom. The molecule has 0 amide bonds. The van der Waals surface area contributed by atoms with Crippen molar-refractivity contribution < 1.29 is 22.8 Å². The molecule has 4 nitrogen and oxygen atoms in total. The average Bonchev–Trinajstić information content (AvgIpc) is 2.47. The molecule has 23 heavy (non-hydrogen) atoms. The van der Waals surface area contributed by atoms with Gasteiger partial charge in [0, 0.05) is 32.2 Å². The van der Waals surface area contributed by atoms with Crippen molar-refractivity contribution in [2.24, 2.45) is 5.41 Å². The quantitative estimate of drug-likeness (QED) is 0.571. The Balaban J connectivity index is 2.11. The summed E-state index contributed by atoms with van der Waals surface area (Å²) in [5, 5.41) is 0. The number of benzene rings is 1. The van der Waals surface area contributed by atoms with Gasteiger partial charge in [-0.15, -0.1) is 0 Å². The SMILES string of the molecule is COCCCOSc1cc2c(cc1F)C(=O)CC(C(C)(C)C)O2. The van der Waals surface area contributed by atoms with E-state index < -0.39 is 5.82 Å². The molecule has 0 aromatic heterocycles. The summed E-state index contributed by atoms with van der Waals surface area (Å²) in [5.74, 6) is -0.111. The van der Waals surface area contributed by atoms with Gasteiger partial charge in [0.1, 0.15) is 17.7 Å². The molecule has 128 valence electrons. The summed E-state index contributed by atoms with van der Waals surface area (Å²) < 4.78 is 30.4. The molecule has 1 aliphatic rings. The largest absolute Gasteiger partial charge is 0.489 e. The Kier molecular flexibility index (Phi) is 6.06. The Hall–Kier alpha value is -1.11. The minimum Gasteiger partial charge on any atom is -0.489 e. The lowest BCUT2D eigenvalue weighted by molar-refractivity contribution is 0.0541. The maximum Gasteiger partial charge on any atom is 0.170 e. The van der Waals surface area contributed by atoms with Crippen molar-refractivity contribution in [2.45, 2.75) is 44.6 Å². The zero-order chi connectivity index (χ0) is 17.0. The molecule has 0 radical (unpaired) electrons. The van der Waals surface area contributed by atoms with E-state index in [0.29, 0.717) is 29.4 Å². The van der Waals surface area contributed by atoms with Gasteiger partial charge in [0.15, 0.2) is 5.78 Å². The van der Waals surface area contributed by atoms with Gasteiger partial charge in [0.05, 0.1) is 17.1 Å². The summed E-state index contributed by atoms with van der Waals surface area (Å²) in [6.45, 7) is 7.12. The van der Waals surface area contributed by atoms with Crippen LogP contribution in [0.3, 0.4) is 0 Å². The first-order valence-corrected chi connectivity index (χ1v) is 8.39. The van der Waals surface area contributed by atoms with Gasteiger partial charge in [-0.05, 0) is 24.0 Å². The minimum atomic E-state index is -0.466. The second-order valence-corrected chi connectivity index (χ2v) is 7.47. The van der Waals surface area contributed by atoms with Crippen LogP contribution in [0.25, 0.3) is 0 Å². The van der Waals surface area contributed by atoms with E-state index in [2.05, 4.69) is 0 Å². The molecule has 0 spiro atoms. The second kappa shape index (κ2) is 7.64. The van der Waals surface area contributed by atoms with Gasteiger partial charge in [-0.25, -0.2) is 4.39 Å². The molecule has 0 fully saturated rings. The minimum absolute atomic E-state index is 0.0809. The monoisotopic (exact) mass is 342 g/mol. The van der Waals surface area contributed by atoms with E-state index in [0.717, 1.165) is 18.5 Å². The fraction of sp³-hybridized carbons (Fsp3) is 0.588. The molecule has 0 saturated heterocycles. The summed E-state index contributed by atoms with van der Waals surface area (Å²) in [5.41, 5.74) is 0.151. The zero-order valence-electron chi connectivity index (χ0n) is 14.0. The lowest BCUT2D eigenvalue weighted by Crippen LogP contribution is -2.37. The third kappa shape index (κ3) is 4.68. The molecule has 6 heteroatoms. The molecule has 0 saturated carbocycles. The van der Waals surface area contributed by atoms with E-state index in [1.165, 1.54) is 6.07 Å². The maximum absolute atomic E-state index is 14.1. The standard InChI is InChI=1S/C17H23FO4S/c1-17(2,3)16-9-13(19)11-8-12(18)15(10-14(11)22-16)23-21-7-5-6-20-4/h8,10,16H,5-7,9H2,1-4H3. The molecule has 0 bridgehead atoms. The molecule has 1 aromatic rings. The van der Waals surface area contributed by atoms with Crippen LogP contribution < -0.4 is 4.74 Å². The lowest BCUT2D eigenvalue weighted by atomic mass is 9.83. The van der Waals surface area contributed by atoms with Crippen LogP contribution in [0.15, 0.2) is 17.0 Å². The Bertz CT molecular complexity index is 568. The highest BCUT2D eigenvalue weighted by atomic mass is 32.2. The molecule has 1 aliphatic heterocycles. The van der Waals surface area contributed by atoms with Crippen molar-refractivity contribution in [1.82, 2.24) is 0 Å². The molecule has 1 heterocycles. The van der Waals surface area contributed by atoms with Crippen LogP contribution in [0.1, 0.15) is 44.0 Å². The zero-order valence-corrected chi connectivity index (χ0v) is 14.8. The Morgan fingerprint density at radius 2 is 2.09 bits per heavy atom. The topological polar surface area (TPSA) is 44.8 Å². The number of ketones is 1. The van der Waals surface area contributed by atoms with E-state index in [1.807, 2.05) is 20.8 Å². The van der Waals surface area contributed by atoms with Crippen LogP contribution in [0.5, 0.6) is 5.75 Å². The third-order valence-corrected chi connectivity index (χ3v) is 4.44. The van der Waals surface area contributed by atoms with Crippen molar-refractivity contribution in [3.05, 3.63) is 23.5 Å². The molecule has 1 unspecified atom stereocenters. The highest BCUT2D eigenvalue weighted by Crippen LogP contribution is 2.38. The van der Waals surface area contributed by atoms with Crippen LogP contribution >= 0.6 is 12.0 Å². The van der Waals surface area contributed by atoms with Crippen LogP contribution in [-0.4, -0.2) is 32.2 Å². The Morgan fingerprint density at radius 1 is 1.35 bits per heavy atom. The van der Waals surface area contributed by atoms with Crippen molar-refractivity contribution in [1.29, 1.82) is 0 Å². The highest BCUT2D eigenvalue weighted by molar-refractivity contribution is 7.94. The number of hydrogen-bond donors (Lipinski definition) is 0. The van der Waals surface area contributed by atoms with Crippen LogP contribution in [0, 0.1) is 11.2 Å². The summed E-state index contributed by atoms with van der Waals surface area (Å²) >= 11 is 0.958. The van der Waals surface area contributed by atoms with E-state index in [-0.39, 0.29) is 23.7 Å². The number of carbonyl (C=O) groups excluding carboxylic acids is 1. The van der Waals surface area contributed by atoms with Gasteiger partial charge >= 0.3 is 0 Å². The summed E-state index contributed by atoms with van der Waals surface area (Å²) in [6.07, 6.45) is 0.793. The van der Waals surface area contributed by atoms with E-state index in [9.17, 15) is 9.18 Å². The van der Waals surface area contributed by atoms with Gasteiger partial charge < -0.3 is 13.7 Å². The number of halogens is 1. The van der Waals surface area contributed by atoms with Crippen molar-refractivity contribution in [3.8, 4) is 5.75 Å². The number of carbonyl (C=O) groups is 1. The van der Waals surface area contributed by atoms with Crippen molar-refractivity contribution in [2.75, 3.05) is 20.3 Å². The molecular formula is C17H23FO4S. The number of fused-ring (bicyclic) bond motifs is 1. The highest BCUT2D eigenvalue weighted by Gasteiger charge is 2.35. The van der Waals surface area contributed by atoms with Gasteiger partial charge in [0.25, 0.3) is 0 Å². The summed E-state index contributed by atoms with van der Waals surface area (Å²) in [4.78, 5) is 12.6. The number of Topliss-reactive ketones (excluding diaryl/α,β-unsaturated/α-hetero) is 1. The number of rotatable bonds is 6. The van der Waals surface area contributed by atoms with Gasteiger partial charge in [-0.3, -0.25) is 4.79 Å². The molecular weight excluding hydrogens is 319 g/mol. The van der Waals surface area contributed by atoms with Gasteiger partial charge in [-0.2, -0.15) is 0 Å². The molecule has 1 aromatic carbocycles. The number of hydrogen-bond acceptors (Lipinski definition) is 5. The predicted molar refractivity (Wildman–Crippen MR) is 87.5 cm³/mol. The summed E-state index contributed by atoms with van der Waals surface area (Å²) in [7, 11) is 1.62. The van der Waals surface area contributed by atoms with Crippen LogP contribution in [0.2, 0.25) is 0 Å². The normalized spacial score (nSPS) is 17.8. The fourth-order valence-corrected chi connectivity index (χ4v) is 2.86. The fourth-order valence-electron chi connectivity index (χ4n) is 2.24. The lowest BCUT2D eigenvalue weighted by Gasteiger charge is -2.34. The van der Waals surface area contributed by atoms with E-state index in [1.54, 1.807) is 13.2 Å².